The number of aryl methyl sites for hydroxylation is 1. The maximum absolute atomic E-state index is 12.9. The molecular formula is C25H28ClN7O. The number of halogens is 1. The Hall–Kier alpha value is -3.49. The van der Waals surface area contributed by atoms with Gasteiger partial charge < -0.3 is 16.4 Å². The zero-order valence-corrected chi connectivity index (χ0v) is 19.8. The van der Waals surface area contributed by atoms with Gasteiger partial charge >= 0.3 is 0 Å². The van der Waals surface area contributed by atoms with Crippen LogP contribution in [0.3, 0.4) is 0 Å². The summed E-state index contributed by atoms with van der Waals surface area (Å²) in [6, 6.07) is 15.8. The van der Waals surface area contributed by atoms with Crippen LogP contribution in [0.2, 0.25) is 0 Å². The van der Waals surface area contributed by atoms with Crippen LogP contribution in [0.4, 0.5) is 5.82 Å². The molecule has 1 amide bonds. The molecule has 1 atom stereocenters. The molecule has 34 heavy (non-hydrogen) atoms. The van der Waals surface area contributed by atoms with Crippen molar-refractivity contribution in [2.75, 3.05) is 18.8 Å². The van der Waals surface area contributed by atoms with Gasteiger partial charge in [-0.15, -0.1) is 12.4 Å². The van der Waals surface area contributed by atoms with Crippen LogP contribution < -0.4 is 16.4 Å². The number of amides is 1. The lowest BCUT2D eigenvalue weighted by atomic mass is 10.1. The maximum Gasteiger partial charge on any atom is 0.251 e. The van der Waals surface area contributed by atoms with E-state index in [4.69, 9.17) is 10.8 Å². The average Bonchev–Trinajstić information content (AvgIpc) is 3.25. The minimum absolute atomic E-state index is 0. The Bertz CT molecular complexity index is 1300. The van der Waals surface area contributed by atoms with Crippen molar-refractivity contribution in [1.82, 2.24) is 30.4 Å². The van der Waals surface area contributed by atoms with E-state index in [-0.39, 0.29) is 24.4 Å². The van der Waals surface area contributed by atoms with E-state index in [1.54, 1.807) is 6.07 Å². The van der Waals surface area contributed by atoms with Crippen LogP contribution in [-0.2, 0) is 6.54 Å². The minimum Gasteiger partial charge on any atom is -0.383 e. The first-order valence-corrected chi connectivity index (χ1v) is 11.2. The summed E-state index contributed by atoms with van der Waals surface area (Å²) in [4.78, 5) is 21.5. The maximum atomic E-state index is 12.9. The highest BCUT2D eigenvalue weighted by Gasteiger charge is 2.23. The fraction of sp³-hybridized carbons (Fsp3) is 0.280. The van der Waals surface area contributed by atoms with Gasteiger partial charge in [0.05, 0.1) is 11.4 Å². The Labute approximate surface area is 204 Å². The third-order valence-electron chi connectivity index (χ3n) is 6.11. The fourth-order valence-electron chi connectivity index (χ4n) is 4.29. The van der Waals surface area contributed by atoms with Crippen molar-refractivity contribution >= 4 is 35.2 Å². The van der Waals surface area contributed by atoms with Gasteiger partial charge in [-0.2, -0.15) is 5.10 Å². The zero-order chi connectivity index (χ0) is 22.8. The monoisotopic (exact) mass is 477 g/mol. The van der Waals surface area contributed by atoms with Gasteiger partial charge in [-0.3, -0.25) is 4.79 Å². The van der Waals surface area contributed by atoms with E-state index in [1.165, 1.54) is 11.9 Å². The summed E-state index contributed by atoms with van der Waals surface area (Å²) in [6.45, 7) is 4.36. The lowest BCUT2D eigenvalue weighted by Crippen LogP contribution is -2.32. The number of hydrogen-bond acceptors (Lipinski definition) is 6. The third kappa shape index (κ3) is 4.73. The number of hydrogen-bond donors (Lipinski definition) is 3. The number of fused-ring (bicyclic) bond motifs is 1. The zero-order valence-electron chi connectivity index (χ0n) is 19.0. The molecule has 0 unspecified atom stereocenters. The van der Waals surface area contributed by atoms with Crippen LogP contribution in [0.15, 0.2) is 54.9 Å². The van der Waals surface area contributed by atoms with E-state index in [9.17, 15) is 4.79 Å². The van der Waals surface area contributed by atoms with E-state index >= 15 is 0 Å². The van der Waals surface area contributed by atoms with Crippen molar-refractivity contribution in [2.45, 2.75) is 32.4 Å². The molecule has 3 heterocycles. The summed E-state index contributed by atoms with van der Waals surface area (Å²) in [5.74, 6) is 0.251. The second-order valence-corrected chi connectivity index (χ2v) is 8.50. The van der Waals surface area contributed by atoms with E-state index in [0.29, 0.717) is 23.6 Å². The summed E-state index contributed by atoms with van der Waals surface area (Å²) < 4.78 is 1.96. The number of rotatable bonds is 5. The molecule has 4 N–H and O–H groups in total. The number of nitrogen functional groups attached to an aromatic ring is 1. The van der Waals surface area contributed by atoms with Crippen LogP contribution in [-0.4, -0.2) is 38.7 Å². The van der Waals surface area contributed by atoms with E-state index in [2.05, 4.69) is 20.6 Å². The Balaban J connectivity index is 0.00000274. The molecule has 0 radical (unpaired) electrons. The Morgan fingerprint density at radius 2 is 2.03 bits per heavy atom. The lowest BCUT2D eigenvalue weighted by Gasteiger charge is -2.23. The SMILES string of the molecule is Cc1ccc(CNC(=O)c2cccc(-c3nn([C@@H]4CCCNC4)c4ncnc(N)c34)c2)cc1.Cl. The van der Waals surface area contributed by atoms with Crippen molar-refractivity contribution in [1.29, 1.82) is 0 Å². The largest absolute Gasteiger partial charge is 0.383 e. The summed E-state index contributed by atoms with van der Waals surface area (Å²) in [5, 5.41) is 12.1. The first kappa shape index (κ1) is 23.7. The second kappa shape index (κ2) is 10.2. The van der Waals surface area contributed by atoms with Crippen molar-refractivity contribution in [3.05, 3.63) is 71.5 Å². The predicted octanol–water partition coefficient (Wildman–Crippen LogP) is 3.66. The first-order valence-electron chi connectivity index (χ1n) is 11.2. The quantitative estimate of drug-likeness (QED) is 0.404. The fourth-order valence-corrected chi connectivity index (χ4v) is 4.29. The number of nitrogens with two attached hydrogens (primary N) is 1. The number of benzene rings is 2. The van der Waals surface area contributed by atoms with Gasteiger partial charge in [0.25, 0.3) is 5.91 Å². The van der Waals surface area contributed by atoms with Gasteiger partial charge in [-0.05, 0) is 44.0 Å². The predicted molar refractivity (Wildman–Crippen MR) is 136 cm³/mol. The van der Waals surface area contributed by atoms with Crippen molar-refractivity contribution in [2.24, 2.45) is 0 Å². The molecule has 176 valence electrons. The van der Waals surface area contributed by atoms with Crippen molar-refractivity contribution in [3.8, 4) is 11.3 Å². The van der Waals surface area contributed by atoms with E-state index in [1.807, 2.05) is 54.1 Å². The number of piperidine rings is 1. The van der Waals surface area contributed by atoms with Gasteiger partial charge in [0.15, 0.2) is 5.65 Å². The number of nitrogens with zero attached hydrogens (tertiary/aromatic N) is 4. The van der Waals surface area contributed by atoms with Crippen molar-refractivity contribution in [3.63, 3.8) is 0 Å². The molecule has 9 heteroatoms. The summed E-state index contributed by atoms with van der Waals surface area (Å²) >= 11 is 0. The van der Waals surface area contributed by atoms with Gasteiger partial charge in [0, 0.05) is 24.2 Å². The molecule has 2 aromatic carbocycles. The molecule has 1 saturated heterocycles. The molecule has 0 aliphatic carbocycles. The normalized spacial score (nSPS) is 15.6. The molecule has 5 rings (SSSR count). The summed E-state index contributed by atoms with van der Waals surface area (Å²) in [7, 11) is 0. The topological polar surface area (TPSA) is 111 Å². The third-order valence-corrected chi connectivity index (χ3v) is 6.11. The molecule has 0 bridgehead atoms. The lowest BCUT2D eigenvalue weighted by molar-refractivity contribution is 0.0951. The van der Waals surface area contributed by atoms with Gasteiger partial charge in [0.1, 0.15) is 17.8 Å². The van der Waals surface area contributed by atoms with Gasteiger partial charge in [-0.25, -0.2) is 14.6 Å². The van der Waals surface area contributed by atoms with Crippen molar-refractivity contribution < 1.29 is 4.79 Å². The molecular weight excluding hydrogens is 450 g/mol. The number of aromatic nitrogens is 4. The molecule has 2 aromatic heterocycles. The smallest absolute Gasteiger partial charge is 0.251 e. The van der Waals surface area contributed by atoms with Crippen LogP contribution in [0.25, 0.3) is 22.3 Å². The van der Waals surface area contributed by atoms with Gasteiger partial charge in [0.2, 0.25) is 0 Å². The molecule has 8 nitrogen and oxygen atoms in total. The molecule has 4 aromatic rings. The highest BCUT2D eigenvalue weighted by atomic mass is 35.5. The molecule has 1 aliphatic rings. The molecule has 0 spiro atoms. The number of carbonyl (C=O) groups excluding carboxylic acids is 1. The van der Waals surface area contributed by atoms with Crippen LogP contribution in [0.1, 0.15) is 40.4 Å². The highest BCUT2D eigenvalue weighted by Crippen LogP contribution is 2.33. The molecule has 1 fully saturated rings. The Morgan fingerprint density at radius 1 is 1.21 bits per heavy atom. The standard InChI is InChI=1S/C25H27N7O.ClH/c1-16-7-9-17(10-8-16)13-28-25(33)19-5-2-4-18(12-19)22-21-23(26)29-15-30-24(21)32(31-22)20-6-3-11-27-14-20;/h2,4-5,7-10,12,15,20,27H,3,6,11,13-14H2,1H3,(H,28,33)(H2,26,29,30);1H/t20-;/m1./s1. The van der Waals surface area contributed by atoms with Crippen LogP contribution >= 0.6 is 12.4 Å². The number of carbonyl (C=O) groups is 1. The number of nitrogens with one attached hydrogen (secondary N) is 2. The average molecular weight is 478 g/mol. The first-order chi connectivity index (χ1) is 16.1. The van der Waals surface area contributed by atoms with Gasteiger partial charge in [-0.1, -0.05) is 42.0 Å². The highest BCUT2D eigenvalue weighted by molar-refractivity contribution is 6.00. The summed E-state index contributed by atoms with van der Waals surface area (Å²) in [6.07, 6.45) is 3.58. The van der Waals surface area contributed by atoms with Crippen LogP contribution in [0, 0.1) is 6.92 Å². The molecule has 0 saturated carbocycles. The minimum atomic E-state index is -0.137. The summed E-state index contributed by atoms with van der Waals surface area (Å²) in [5.41, 5.74) is 11.3. The van der Waals surface area contributed by atoms with Crippen LogP contribution in [0.5, 0.6) is 0 Å². The number of anilines is 1. The second-order valence-electron chi connectivity index (χ2n) is 8.50. The van der Waals surface area contributed by atoms with E-state index in [0.717, 1.165) is 48.1 Å². The molecule has 1 aliphatic heterocycles. The Kier molecular flexibility index (Phi) is 7.09. The van der Waals surface area contributed by atoms with E-state index < -0.39 is 0 Å². The Morgan fingerprint density at radius 3 is 2.79 bits per heavy atom.